The molecule has 0 aliphatic carbocycles. The molecule has 2 aromatic rings. The van der Waals surface area contributed by atoms with Crippen LogP contribution in [-0.4, -0.2) is 66.1 Å². The Morgan fingerprint density at radius 3 is 2.52 bits per heavy atom. The number of benzene rings is 1. The van der Waals surface area contributed by atoms with Gasteiger partial charge in [-0.05, 0) is 18.2 Å². The molecule has 3 rings (SSSR count). The molecule has 1 aromatic carbocycles. The first kappa shape index (κ1) is 17.7. The number of urea groups is 1. The van der Waals surface area contributed by atoms with E-state index >= 15 is 0 Å². The molecule has 1 saturated heterocycles. The van der Waals surface area contributed by atoms with Crippen LogP contribution in [0.3, 0.4) is 0 Å². The number of nitrogens with zero attached hydrogens (tertiary/aromatic N) is 3. The van der Waals surface area contributed by atoms with Gasteiger partial charge in [0, 0.05) is 37.8 Å². The minimum Gasteiger partial charge on any atom is -0.342 e. The number of fused-ring (bicyclic) bond motifs is 1. The van der Waals surface area contributed by atoms with E-state index < -0.39 is 10.0 Å². The summed E-state index contributed by atoms with van der Waals surface area (Å²) in [6.07, 6.45) is 1.19. The predicted octanol–water partition coefficient (Wildman–Crippen LogP) is 1.80. The lowest BCUT2D eigenvalue weighted by Crippen LogP contribution is -2.51. The van der Waals surface area contributed by atoms with Crippen molar-refractivity contribution in [2.75, 3.05) is 37.8 Å². The second kappa shape index (κ2) is 6.64. The highest BCUT2D eigenvalue weighted by atomic mass is 32.2. The molecule has 0 radical (unpaired) electrons. The Balaban J connectivity index is 1.66. The van der Waals surface area contributed by atoms with Gasteiger partial charge in [0.15, 0.2) is 0 Å². The van der Waals surface area contributed by atoms with Crippen molar-refractivity contribution in [1.82, 2.24) is 19.2 Å². The number of aromatic amines is 1. The maximum Gasteiger partial charge on any atom is 0.321 e. The van der Waals surface area contributed by atoms with Gasteiger partial charge in [-0.2, -0.15) is 4.31 Å². The van der Waals surface area contributed by atoms with E-state index in [1.54, 1.807) is 4.90 Å². The summed E-state index contributed by atoms with van der Waals surface area (Å²) < 4.78 is 24.4. The van der Waals surface area contributed by atoms with Gasteiger partial charge in [0.05, 0.1) is 17.3 Å². The van der Waals surface area contributed by atoms with Crippen LogP contribution in [0.4, 0.5) is 10.5 Å². The lowest BCUT2D eigenvalue weighted by atomic mass is 10.2. The first-order valence-corrected chi connectivity index (χ1v) is 10.1. The largest absolute Gasteiger partial charge is 0.342 e. The highest BCUT2D eigenvalue weighted by Gasteiger charge is 2.26. The molecule has 0 unspecified atom stereocenters. The summed E-state index contributed by atoms with van der Waals surface area (Å²) in [6.45, 7) is 5.53. The molecular weight excluding hydrogens is 342 g/mol. The lowest BCUT2D eigenvalue weighted by molar-refractivity contribution is 0.184. The smallest absolute Gasteiger partial charge is 0.321 e. The van der Waals surface area contributed by atoms with Gasteiger partial charge in [0.1, 0.15) is 5.82 Å². The number of piperazine rings is 1. The Morgan fingerprint density at radius 2 is 1.92 bits per heavy atom. The summed E-state index contributed by atoms with van der Waals surface area (Å²) in [7, 11) is -3.20. The highest BCUT2D eigenvalue weighted by molar-refractivity contribution is 7.88. The van der Waals surface area contributed by atoms with Crippen LogP contribution in [0.5, 0.6) is 0 Å². The molecular formula is C16H23N5O3S. The third-order valence-electron chi connectivity index (χ3n) is 4.29. The molecule has 1 aliphatic rings. The fraction of sp³-hybridized carbons (Fsp3) is 0.500. The number of rotatable bonds is 3. The summed E-state index contributed by atoms with van der Waals surface area (Å²) >= 11 is 0. The highest BCUT2D eigenvalue weighted by Crippen LogP contribution is 2.21. The van der Waals surface area contributed by atoms with Crippen molar-refractivity contribution in [3.63, 3.8) is 0 Å². The Hall–Kier alpha value is -2.13. The van der Waals surface area contributed by atoms with Gasteiger partial charge < -0.3 is 15.2 Å². The molecule has 0 atom stereocenters. The molecule has 1 fully saturated rings. The fourth-order valence-electron chi connectivity index (χ4n) is 2.81. The van der Waals surface area contributed by atoms with Crippen LogP contribution in [0.15, 0.2) is 18.2 Å². The molecule has 2 amide bonds. The summed E-state index contributed by atoms with van der Waals surface area (Å²) in [6, 6.07) is 5.32. The maximum absolute atomic E-state index is 12.4. The molecule has 25 heavy (non-hydrogen) atoms. The van der Waals surface area contributed by atoms with Crippen LogP contribution in [0, 0.1) is 0 Å². The number of anilines is 1. The van der Waals surface area contributed by atoms with E-state index in [4.69, 9.17) is 0 Å². The molecule has 0 bridgehead atoms. The van der Waals surface area contributed by atoms with Gasteiger partial charge in [-0.25, -0.2) is 18.2 Å². The monoisotopic (exact) mass is 365 g/mol. The molecule has 136 valence electrons. The van der Waals surface area contributed by atoms with E-state index in [9.17, 15) is 13.2 Å². The first-order chi connectivity index (χ1) is 11.7. The first-order valence-electron chi connectivity index (χ1n) is 8.25. The third-order valence-corrected chi connectivity index (χ3v) is 5.60. The zero-order valence-corrected chi connectivity index (χ0v) is 15.4. The third kappa shape index (κ3) is 3.93. The van der Waals surface area contributed by atoms with Gasteiger partial charge in [-0.3, -0.25) is 0 Å². The van der Waals surface area contributed by atoms with E-state index in [0.29, 0.717) is 37.8 Å². The maximum atomic E-state index is 12.4. The van der Waals surface area contributed by atoms with Crippen LogP contribution in [-0.2, 0) is 10.0 Å². The number of sulfonamides is 1. The Labute approximate surface area is 147 Å². The van der Waals surface area contributed by atoms with Crippen LogP contribution in [0.2, 0.25) is 0 Å². The van der Waals surface area contributed by atoms with E-state index in [2.05, 4.69) is 29.1 Å². The van der Waals surface area contributed by atoms with Crippen molar-refractivity contribution >= 4 is 32.8 Å². The van der Waals surface area contributed by atoms with Crippen molar-refractivity contribution in [3.05, 3.63) is 24.0 Å². The van der Waals surface area contributed by atoms with Crippen LogP contribution < -0.4 is 5.32 Å². The Morgan fingerprint density at radius 1 is 1.24 bits per heavy atom. The molecule has 1 aromatic heterocycles. The molecule has 1 aliphatic heterocycles. The number of nitrogens with one attached hydrogen (secondary N) is 2. The zero-order chi connectivity index (χ0) is 18.2. The fourth-order valence-corrected chi connectivity index (χ4v) is 3.63. The number of carbonyl (C=O) groups excluding carboxylic acids is 1. The minimum absolute atomic E-state index is 0.226. The average molecular weight is 365 g/mol. The van der Waals surface area contributed by atoms with Gasteiger partial charge in [-0.15, -0.1) is 0 Å². The van der Waals surface area contributed by atoms with Crippen molar-refractivity contribution in [3.8, 4) is 0 Å². The second-order valence-corrected chi connectivity index (χ2v) is 8.57. The van der Waals surface area contributed by atoms with E-state index in [1.807, 2.05) is 18.2 Å². The van der Waals surface area contributed by atoms with Crippen molar-refractivity contribution in [2.45, 2.75) is 19.8 Å². The number of hydrogen-bond donors (Lipinski definition) is 2. The van der Waals surface area contributed by atoms with Crippen molar-refractivity contribution in [1.29, 1.82) is 0 Å². The predicted molar refractivity (Wildman–Crippen MR) is 97.2 cm³/mol. The van der Waals surface area contributed by atoms with E-state index in [1.165, 1.54) is 10.6 Å². The van der Waals surface area contributed by atoms with Crippen LogP contribution in [0.1, 0.15) is 25.6 Å². The van der Waals surface area contributed by atoms with Crippen LogP contribution in [0.25, 0.3) is 11.0 Å². The molecule has 2 N–H and O–H groups in total. The SMILES string of the molecule is CC(C)c1nc2ccc(NC(=O)N3CCN(S(C)(=O)=O)CC3)cc2[nH]1. The molecule has 0 spiro atoms. The molecule has 0 saturated carbocycles. The number of hydrogen-bond acceptors (Lipinski definition) is 4. The van der Waals surface area contributed by atoms with Crippen LogP contribution >= 0.6 is 0 Å². The van der Waals surface area contributed by atoms with E-state index in [0.717, 1.165) is 16.9 Å². The van der Waals surface area contributed by atoms with Crippen molar-refractivity contribution < 1.29 is 13.2 Å². The summed E-state index contributed by atoms with van der Waals surface area (Å²) in [5.41, 5.74) is 2.42. The van der Waals surface area contributed by atoms with Crippen molar-refractivity contribution in [2.24, 2.45) is 0 Å². The normalized spacial score (nSPS) is 16.6. The summed E-state index contributed by atoms with van der Waals surface area (Å²) in [5.74, 6) is 1.21. The quantitative estimate of drug-likeness (QED) is 0.866. The number of H-pyrrole nitrogens is 1. The lowest BCUT2D eigenvalue weighted by Gasteiger charge is -2.33. The molecule has 8 nitrogen and oxygen atoms in total. The number of carbonyl (C=O) groups is 1. The number of aromatic nitrogens is 2. The van der Waals surface area contributed by atoms with E-state index in [-0.39, 0.29) is 6.03 Å². The van der Waals surface area contributed by atoms with Gasteiger partial charge in [0.2, 0.25) is 10.0 Å². The second-order valence-electron chi connectivity index (χ2n) is 6.59. The zero-order valence-electron chi connectivity index (χ0n) is 14.6. The van der Waals surface area contributed by atoms with Gasteiger partial charge in [0.25, 0.3) is 0 Å². The Bertz CT molecular complexity index is 882. The molecule has 9 heteroatoms. The Kier molecular flexibility index (Phi) is 4.70. The summed E-state index contributed by atoms with van der Waals surface area (Å²) in [5, 5.41) is 2.87. The standard InChI is InChI=1S/C16H23N5O3S/c1-11(2)15-18-13-5-4-12(10-14(13)19-15)17-16(22)20-6-8-21(9-7-20)25(3,23)24/h4-5,10-11H,6-9H2,1-3H3,(H,17,22)(H,18,19). The summed E-state index contributed by atoms with van der Waals surface area (Å²) in [4.78, 5) is 21.8. The topological polar surface area (TPSA) is 98.4 Å². The minimum atomic E-state index is -3.20. The number of amides is 2. The molecule has 2 heterocycles. The van der Waals surface area contributed by atoms with Gasteiger partial charge in [-0.1, -0.05) is 13.8 Å². The average Bonchev–Trinajstić information content (AvgIpc) is 2.98. The van der Waals surface area contributed by atoms with Gasteiger partial charge >= 0.3 is 6.03 Å². The number of imidazole rings is 1.